The van der Waals surface area contributed by atoms with Crippen LogP contribution in [0.2, 0.25) is 0 Å². The third kappa shape index (κ3) is 1.72. The SMILES string of the molecule is CCCC(C)C(=O)C1CC2CCC1O2. The second-order valence-corrected chi connectivity index (χ2v) is 4.81. The van der Waals surface area contributed by atoms with E-state index in [0.717, 1.165) is 25.7 Å². The molecule has 2 nitrogen and oxygen atoms in total. The molecule has 0 aromatic heterocycles. The monoisotopic (exact) mass is 196 g/mol. The van der Waals surface area contributed by atoms with Gasteiger partial charge in [-0.25, -0.2) is 0 Å². The predicted octanol–water partition coefficient (Wildman–Crippen LogP) is 2.56. The van der Waals surface area contributed by atoms with Crippen LogP contribution in [0.4, 0.5) is 0 Å². The van der Waals surface area contributed by atoms with Crippen LogP contribution in [0.3, 0.4) is 0 Å². The maximum absolute atomic E-state index is 12.0. The third-order valence-corrected chi connectivity index (χ3v) is 3.68. The summed E-state index contributed by atoms with van der Waals surface area (Å²) in [6, 6.07) is 0. The lowest BCUT2D eigenvalue weighted by atomic mass is 9.81. The van der Waals surface area contributed by atoms with Gasteiger partial charge in [0, 0.05) is 11.8 Å². The van der Waals surface area contributed by atoms with Gasteiger partial charge in [-0.05, 0) is 25.7 Å². The van der Waals surface area contributed by atoms with Gasteiger partial charge >= 0.3 is 0 Å². The van der Waals surface area contributed by atoms with Crippen molar-refractivity contribution in [2.45, 2.75) is 58.2 Å². The maximum Gasteiger partial charge on any atom is 0.141 e. The Morgan fingerprint density at radius 3 is 2.79 bits per heavy atom. The van der Waals surface area contributed by atoms with Crippen molar-refractivity contribution in [2.24, 2.45) is 11.8 Å². The summed E-state index contributed by atoms with van der Waals surface area (Å²) in [6.45, 7) is 4.21. The summed E-state index contributed by atoms with van der Waals surface area (Å²) < 4.78 is 5.71. The number of rotatable bonds is 4. The van der Waals surface area contributed by atoms with Crippen LogP contribution in [0.15, 0.2) is 0 Å². The highest BCUT2D eigenvalue weighted by Gasteiger charge is 2.44. The maximum atomic E-state index is 12.0. The van der Waals surface area contributed by atoms with Gasteiger partial charge in [0.1, 0.15) is 5.78 Å². The van der Waals surface area contributed by atoms with Crippen molar-refractivity contribution >= 4 is 5.78 Å². The van der Waals surface area contributed by atoms with Crippen LogP contribution in [0.25, 0.3) is 0 Å². The van der Waals surface area contributed by atoms with E-state index in [4.69, 9.17) is 4.74 Å². The quantitative estimate of drug-likeness (QED) is 0.690. The second-order valence-electron chi connectivity index (χ2n) is 4.81. The summed E-state index contributed by atoms with van der Waals surface area (Å²) >= 11 is 0. The van der Waals surface area contributed by atoms with Gasteiger partial charge in [-0.15, -0.1) is 0 Å². The molecule has 2 saturated heterocycles. The van der Waals surface area contributed by atoms with Crippen molar-refractivity contribution < 1.29 is 9.53 Å². The number of hydrogen-bond donors (Lipinski definition) is 0. The molecule has 0 radical (unpaired) electrons. The van der Waals surface area contributed by atoms with Crippen LogP contribution in [0, 0.1) is 11.8 Å². The third-order valence-electron chi connectivity index (χ3n) is 3.68. The van der Waals surface area contributed by atoms with Gasteiger partial charge in [-0.1, -0.05) is 20.3 Å². The molecule has 2 aliphatic rings. The molecule has 2 rings (SSSR count). The van der Waals surface area contributed by atoms with Crippen molar-refractivity contribution in [1.29, 1.82) is 0 Å². The Morgan fingerprint density at radius 1 is 1.50 bits per heavy atom. The van der Waals surface area contributed by atoms with Crippen molar-refractivity contribution in [3.63, 3.8) is 0 Å². The molecule has 80 valence electrons. The molecule has 0 amide bonds. The first-order valence-electron chi connectivity index (χ1n) is 5.91. The average Bonchev–Trinajstić information content (AvgIpc) is 2.77. The lowest BCUT2D eigenvalue weighted by Crippen LogP contribution is -2.29. The summed E-state index contributed by atoms with van der Waals surface area (Å²) in [5.74, 6) is 0.933. The van der Waals surface area contributed by atoms with Gasteiger partial charge in [0.15, 0.2) is 0 Å². The highest BCUT2D eigenvalue weighted by atomic mass is 16.5. The molecule has 0 aromatic rings. The van der Waals surface area contributed by atoms with Crippen molar-refractivity contribution in [3.05, 3.63) is 0 Å². The van der Waals surface area contributed by atoms with E-state index in [1.165, 1.54) is 6.42 Å². The molecule has 0 spiro atoms. The van der Waals surface area contributed by atoms with E-state index in [0.29, 0.717) is 11.9 Å². The number of ketones is 1. The van der Waals surface area contributed by atoms with Gasteiger partial charge in [0.05, 0.1) is 12.2 Å². The predicted molar refractivity (Wildman–Crippen MR) is 55.1 cm³/mol. The van der Waals surface area contributed by atoms with Gasteiger partial charge in [0.25, 0.3) is 0 Å². The van der Waals surface area contributed by atoms with E-state index in [2.05, 4.69) is 13.8 Å². The van der Waals surface area contributed by atoms with Crippen molar-refractivity contribution in [2.75, 3.05) is 0 Å². The van der Waals surface area contributed by atoms with E-state index in [-0.39, 0.29) is 17.9 Å². The molecule has 2 fully saturated rings. The molecule has 14 heavy (non-hydrogen) atoms. The Labute approximate surface area is 86.0 Å². The van der Waals surface area contributed by atoms with Gasteiger partial charge in [0.2, 0.25) is 0 Å². The Hall–Kier alpha value is -0.370. The molecular weight excluding hydrogens is 176 g/mol. The largest absolute Gasteiger partial charge is 0.374 e. The first-order chi connectivity index (χ1) is 6.72. The van der Waals surface area contributed by atoms with Crippen LogP contribution in [-0.2, 0) is 9.53 Å². The number of ether oxygens (including phenoxy) is 1. The van der Waals surface area contributed by atoms with E-state index < -0.39 is 0 Å². The average molecular weight is 196 g/mol. The molecule has 2 heterocycles. The Bertz CT molecular complexity index is 224. The summed E-state index contributed by atoms with van der Waals surface area (Å²) in [7, 11) is 0. The Kier molecular flexibility index (Phi) is 2.91. The summed E-state index contributed by atoms with van der Waals surface area (Å²) in [5.41, 5.74) is 0. The fraction of sp³-hybridized carbons (Fsp3) is 0.917. The smallest absolute Gasteiger partial charge is 0.141 e. The second kappa shape index (κ2) is 4.01. The van der Waals surface area contributed by atoms with E-state index in [1.807, 2.05) is 0 Å². The topological polar surface area (TPSA) is 26.3 Å². The van der Waals surface area contributed by atoms with Gasteiger partial charge in [-0.2, -0.15) is 0 Å². The molecule has 0 saturated carbocycles. The van der Waals surface area contributed by atoms with E-state index in [9.17, 15) is 4.79 Å². The lowest BCUT2D eigenvalue weighted by molar-refractivity contribution is -0.128. The van der Waals surface area contributed by atoms with Crippen molar-refractivity contribution in [1.82, 2.24) is 0 Å². The van der Waals surface area contributed by atoms with Gasteiger partial charge in [-0.3, -0.25) is 4.79 Å². The Balaban J connectivity index is 1.92. The highest BCUT2D eigenvalue weighted by Crippen LogP contribution is 2.40. The molecular formula is C12H20O2. The van der Waals surface area contributed by atoms with Crippen LogP contribution < -0.4 is 0 Å². The molecule has 0 N–H and O–H groups in total. The molecule has 0 aliphatic carbocycles. The molecule has 2 bridgehead atoms. The first kappa shape index (κ1) is 10.2. The van der Waals surface area contributed by atoms with Gasteiger partial charge < -0.3 is 4.74 Å². The molecule has 4 atom stereocenters. The first-order valence-corrected chi connectivity index (χ1v) is 5.91. The summed E-state index contributed by atoms with van der Waals surface area (Å²) in [4.78, 5) is 12.0. The van der Waals surface area contributed by atoms with Crippen LogP contribution in [0.5, 0.6) is 0 Å². The van der Waals surface area contributed by atoms with Crippen molar-refractivity contribution in [3.8, 4) is 0 Å². The highest BCUT2D eigenvalue weighted by molar-refractivity contribution is 5.84. The zero-order valence-corrected chi connectivity index (χ0v) is 9.16. The van der Waals surface area contributed by atoms with Crippen LogP contribution >= 0.6 is 0 Å². The zero-order chi connectivity index (χ0) is 10.1. The normalized spacial score (nSPS) is 37.4. The number of carbonyl (C=O) groups excluding carboxylic acids is 1. The minimum atomic E-state index is 0.232. The minimum absolute atomic E-state index is 0.232. The van der Waals surface area contributed by atoms with E-state index >= 15 is 0 Å². The zero-order valence-electron chi connectivity index (χ0n) is 9.16. The number of carbonyl (C=O) groups is 1. The number of Topliss-reactive ketones (excluding diaryl/α,β-unsaturated/α-hetero) is 1. The fourth-order valence-corrected chi connectivity index (χ4v) is 2.88. The summed E-state index contributed by atoms with van der Waals surface area (Å²) in [6.07, 6.45) is 6.10. The summed E-state index contributed by atoms with van der Waals surface area (Å²) in [5, 5.41) is 0. The lowest BCUT2D eigenvalue weighted by Gasteiger charge is -2.20. The molecule has 4 unspecified atom stereocenters. The van der Waals surface area contributed by atoms with Crippen LogP contribution in [-0.4, -0.2) is 18.0 Å². The number of fused-ring (bicyclic) bond motifs is 2. The standard InChI is InChI=1S/C12H20O2/c1-3-4-8(2)12(13)10-7-9-5-6-11(10)14-9/h8-11H,3-7H2,1-2H3. The van der Waals surface area contributed by atoms with Crippen LogP contribution in [0.1, 0.15) is 46.0 Å². The molecule has 2 heteroatoms. The molecule has 0 aromatic carbocycles. The molecule has 2 aliphatic heterocycles. The Morgan fingerprint density at radius 2 is 2.29 bits per heavy atom. The van der Waals surface area contributed by atoms with E-state index in [1.54, 1.807) is 0 Å². The minimum Gasteiger partial charge on any atom is -0.374 e. The number of hydrogen-bond acceptors (Lipinski definition) is 2. The fourth-order valence-electron chi connectivity index (χ4n) is 2.88.